The van der Waals surface area contributed by atoms with Crippen LogP contribution in [-0.4, -0.2) is 23.8 Å². The number of aromatic nitrogens is 1. The summed E-state index contributed by atoms with van der Waals surface area (Å²) in [6, 6.07) is 8.89. The molecule has 6 heteroatoms. The number of carbonyl (C=O) groups is 2. The molecule has 21 heavy (non-hydrogen) atoms. The molecule has 2 amide bonds. The van der Waals surface area contributed by atoms with E-state index < -0.39 is 0 Å². The molecule has 0 fully saturated rings. The monoisotopic (exact) mass is 303 g/mol. The summed E-state index contributed by atoms with van der Waals surface area (Å²) in [5.74, 6) is -0.147. The van der Waals surface area contributed by atoms with Crippen LogP contribution in [0.4, 0.5) is 11.4 Å². The first kappa shape index (κ1) is 15.0. The van der Waals surface area contributed by atoms with Crippen LogP contribution in [0.3, 0.4) is 0 Å². The molecule has 2 aromatic rings. The van der Waals surface area contributed by atoms with Gasteiger partial charge in [-0.2, -0.15) is 0 Å². The smallest absolute Gasteiger partial charge is 0.257 e. The molecule has 0 bridgehead atoms. The Labute approximate surface area is 128 Å². The van der Waals surface area contributed by atoms with Crippen molar-refractivity contribution in [2.24, 2.45) is 0 Å². The Morgan fingerprint density at radius 2 is 2.14 bits per heavy atom. The SMILES string of the molecule is CN1C(=O)Cc2cc(NC(=O)c3cccnc3)ccc21.Cl. The van der Waals surface area contributed by atoms with Gasteiger partial charge in [0.1, 0.15) is 0 Å². The molecule has 0 spiro atoms. The molecule has 108 valence electrons. The number of carbonyl (C=O) groups excluding carboxylic acids is 2. The third kappa shape index (κ3) is 2.87. The van der Waals surface area contributed by atoms with Crippen molar-refractivity contribution >= 4 is 35.6 Å². The van der Waals surface area contributed by atoms with Gasteiger partial charge in [0.2, 0.25) is 5.91 Å². The molecular formula is C15H14ClN3O2. The predicted octanol–water partition coefficient (Wildman–Crippen LogP) is 2.27. The number of pyridine rings is 1. The van der Waals surface area contributed by atoms with E-state index in [1.165, 1.54) is 6.20 Å². The van der Waals surface area contributed by atoms with Crippen LogP contribution in [0.15, 0.2) is 42.7 Å². The van der Waals surface area contributed by atoms with Crippen molar-refractivity contribution in [3.05, 3.63) is 53.9 Å². The number of nitrogens with one attached hydrogen (secondary N) is 1. The topological polar surface area (TPSA) is 62.3 Å². The van der Waals surface area contributed by atoms with Crippen molar-refractivity contribution in [3.8, 4) is 0 Å². The van der Waals surface area contributed by atoms with Gasteiger partial charge in [-0.15, -0.1) is 12.4 Å². The van der Waals surface area contributed by atoms with Gasteiger partial charge in [-0.3, -0.25) is 14.6 Å². The van der Waals surface area contributed by atoms with Crippen molar-refractivity contribution in [3.63, 3.8) is 0 Å². The summed E-state index contributed by atoms with van der Waals surface area (Å²) in [4.78, 5) is 29.2. The van der Waals surface area contributed by atoms with Crippen LogP contribution >= 0.6 is 12.4 Å². The van der Waals surface area contributed by atoms with Crippen LogP contribution in [-0.2, 0) is 11.2 Å². The lowest BCUT2D eigenvalue weighted by Crippen LogP contribution is -2.20. The maximum Gasteiger partial charge on any atom is 0.257 e. The molecule has 0 saturated carbocycles. The molecule has 1 aliphatic rings. The molecule has 5 nitrogen and oxygen atoms in total. The summed E-state index contributed by atoms with van der Waals surface area (Å²) < 4.78 is 0. The molecule has 0 unspecified atom stereocenters. The van der Waals surface area contributed by atoms with E-state index >= 15 is 0 Å². The Morgan fingerprint density at radius 1 is 1.33 bits per heavy atom. The van der Waals surface area contributed by atoms with E-state index in [-0.39, 0.29) is 24.2 Å². The fourth-order valence-corrected chi connectivity index (χ4v) is 2.25. The van der Waals surface area contributed by atoms with E-state index in [1.807, 2.05) is 12.1 Å². The van der Waals surface area contributed by atoms with E-state index in [2.05, 4.69) is 10.3 Å². The minimum Gasteiger partial charge on any atom is -0.322 e. The second kappa shape index (κ2) is 5.93. The average Bonchev–Trinajstić information content (AvgIpc) is 2.74. The van der Waals surface area contributed by atoms with Crippen LogP contribution in [0.5, 0.6) is 0 Å². The first-order chi connectivity index (χ1) is 9.65. The van der Waals surface area contributed by atoms with Gasteiger partial charge in [0.05, 0.1) is 12.0 Å². The van der Waals surface area contributed by atoms with Crippen LogP contribution < -0.4 is 10.2 Å². The quantitative estimate of drug-likeness (QED) is 0.926. The average molecular weight is 304 g/mol. The van der Waals surface area contributed by atoms with Crippen LogP contribution in [0.2, 0.25) is 0 Å². The molecule has 1 aromatic carbocycles. The molecule has 1 aromatic heterocycles. The zero-order valence-electron chi connectivity index (χ0n) is 11.4. The molecule has 2 heterocycles. The Hall–Kier alpha value is -2.40. The number of fused-ring (bicyclic) bond motifs is 1. The van der Waals surface area contributed by atoms with Crippen molar-refractivity contribution in [1.82, 2.24) is 4.98 Å². The standard InChI is InChI=1S/C15H13N3O2.ClH/c1-18-13-5-4-12(7-11(13)8-14(18)19)17-15(20)10-3-2-6-16-9-10;/h2-7,9H,8H2,1H3,(H,17,20);1H. The van der Waals surface area contributed by atoms with Gasteiger partial charge in [-0.1, -0.05) is 0 Å². The fourth-order valence-electron chi connectivity index (χ4n) is 2.25. The summed E-state index contributed by atoms with van der Waals surface area (Å²) >= 11 is 0. The minimum absolute atomic E-state index is 0. The van der Waals surface area contributed by atoms with Gasteiger partial charge >= 0.3 is 0 Å². The van der Waals surface area contributed by atoms with Crippen LogP contribution in [0.25, 0.3) is 0 Å². The van der Waals surface area contributed by atoms with Gasteiger partial charge in [0.25, 0.3) is 5.91 Å². The highest BCUT2D eigenvalue weighted by Crippen LogP contribution is 2.30. The van der Waals surface area contributed by atoms with E-state index in [1.54, 1.807) is 36.3 Å². The second-order valence-electron chi connectivity index (χ2n) is 4.67. The second-order valence-corrected chi connectivity index (χ2v) is 4.67. The number of hydrogen-bond donors (Lipinski definition) is 1. The number of anilines is 2. The summed E-state index contributed by atoms with van der Waals surface area (Å²) in [5, 5.41) is 2.81. The highest BCUT2D eigenvalue weighted by molar-refractivity contribution is 6.05. The lowest BCUT2D eigenvalue weighted by atomic mass is 10.1. The van der Waals surface area contributed by atoms with Gasteiger partial charge in [-0.25, -0.2) is 0 Å². The minimum atomic E-state index is -0.212. The van der Waals surface area contributed by atoms with Crippen molar-refractivity contribution in [2.75, 3.05) is 17.3 Å². The normalized spacial score (nSPS) is 12.6. The summed E-state index contributed by atoms with van der Waals surface area (Å²) in [6.07, 6.45) is 3.51. The van der Waals surface area contributed by atoms with Gasteiger partial charge in [0.15, 0.2) is 0 Å². The summed E-state index contributed by atoms with van der Waals surface area (Å²) in [5.41, 5.74) is 3.01. The van der Waals surface area contributed by atoms with E-state index in [0.717, 1.165) is 11.3 Å². The first-order valence-electron chi connectivity index (χ1n) is 6.26. The maximum absolute atomic E-state index is 12.0. The van der Waals surface area contributed by atoms with Crippen molar-refractivity contribution in [1.29, 1.82) is 0 Å². The third-order valence-corrected chi connectivity index (χ3v) is 3.34. The lowest BCUT2D eigenvalue weighted by Gasteiger charge is -2.11. The molecule has 0 aliphatic carbocycles. The highest BCUT2D eigenvalue weighted by Gasteiger charge is 2.24. The maximum atomic E-state index is 12.0. The molecule has 0 atom stereocenters. The molecule has 3 rings (SSSR count). The van der Waals surface area contributed by atoms with Crippen molar-refractivity contribution in [2.45, 2.75) is 6.42 Å². The Morgan fingerprint density at radius 3 is 2.86 bits per heavy atom. The highest BCUT2D eigenvalue weighted by atomic mass is 35.5. The Kier molecular flexibility index (Phi) is 4.23. The number of halogens is 1. The van der Waals surface area contributed by atoms with Crippen molar-refractivity contribution < 1.29 is 9.59 Å². The zero-order valence-corrected chi connectivity index (χ0v) is 12.2. The Bertz CT molecular complexity index is 689. The van der Waals surface area contributed by atoms with Gasteiger partial charge in [-0.05, 0) is 35.9 Å². The number of nitrogens with zero attached hydrogens (tertiary/aromatic N) is 2. The lowest BCUT2D eigenvalue weighted by molar-refractivity contribution is -0.117. The number of amides is 2. The number of benzene rings is 1. The molecule has 1 aliphatic heterocycles. The number of rotatable bonds is 2. The van der Waals surface area contributed by atoms with E-state index in [9.17, 15) is 9.59 Å². The fraction of sp³-hybridized carbons (Fsp3) is 0.133. The summed E-state index contributed by atoms with van der Waals surface area (Å²) in [6.45, 7) is 0. The largest absolute Gasteiger partial charge is 0.322 e. The Balaban J connectivity index is 0.00000161. The van der Waals surface area contributed by atoms with Gasteiger partial charge < -0.3 is 10.2 Å². The predicted molar refractivity (Wildman–Crippen MR) is 83.0 cm³/mol. The zero-order chi connectivity index (χ0) is 14.1. The third-order valence-electron chi connectivity index (χ3n) is 3.34. The van der Waals surface area contributed by atoms with E-state index in [0.29, 0.717) is 17.7 Å². The van der Waals surface area contributed by atoms with Gasteiger partial charge in [0, 0.05) is 30.8 Å². The van der Waals surface area contributed by atoms with E-state index in [4.69, 9.17) is 0 Å². The first-order valence-corrected chi connectivity index (χ1v) is 6.26. The number of likely N-dealkylation sites (N-methyl/N-ethyl adjacent to an activating group) is 1. The number of hydrogen-bond acceptors (Lipinski definition) is 3. The van der Waals surface area contributed by atoms with Crippen LogP contribution in [0, 0.1) is 0 Å². The molecule has 1 N–H and O–H groups in total. The molecule has 0 radical (unpaired) electrons. The van der Waals surface area contributed by atoms with Crippen LogP contribution in [0.1, 0.15) is 15.9 Å². The summed E-state index contributed by atoms with van der Waals surface area (Å²) in [7, 11) is 1.75. The molecule has 0 saturated heterocycles. The molecular weight excluding hydrogens is 290 g/mol.